The van der Waals surface area contributed by atoms with Crippen molar-refractivity contribution in [2.75, 3.05) is 35.2 Å². The molecule has 1 aliphatic rings. The van der Waals surface area contributed by atoms with Crippen LogP contribution in [0.3, 0.4) is 0 Å². The molecule has 0 spiro atoms. The van der Waals surface area contributed by atoms with Gasteiger partial charge in [0.05, 0.1) is 0 Å². The van der Waals surface area contributed by atoms with Gasteiger partial charge in [-0.1, -0.05) is 116 Å². The number of cyclic esters (lactones) is 4. The fourth-order valence-corrected chi connectivity index (χ4v) is 8.43. The van der Waals surface area contributed by atoms with Gasteiger partial charge in [-0.3, -0.25) is 14.4 Å². The lowest BCUT2D eigenvalue weighted by molar-refractivity contribution is -0.174. The lowest BCUT2D eigenvalue weighted by Crippen LogP contribution is -2.55. The van der Waals surface area contributed by atoms with Crippen LogP contribution in [0.15, 0.2) is 65.8 Å². The maximum atomic E-state index is 14.8. The number of nitrogens with one attached hydrogen (secondary N) is 1. The molecule has 1 aliphatic heterocycles. The predicted molar refractivity (Wildman–Crippen MR) is 267 cm³/mol. The van der Waals surface area contributed by atoms with Gasteiger partial charge in [-0.05, 0) is 74.3 Å². The summed E-state index contributed by atoms with van der Waals surface area (Å²) in [6.07, 6.45) is -4.81. The number of amides is 3. The fourth-order valence-electron chi connectivity index (χ4n) is 8.43. The molecule has 70 heavy (non-hydrogen) atoms. The maximum absolute atomic E-state index is 14.8. The van der Waals surface area contributed by atoms with Crippen LogP contribution >= 0.6 is 0 Å². The quantitative estimate of drug-likeness (QED) is 0.147. The molecule has 17 nitrogen and oxygen atoms in total. The van der Waals surface area contributed by atoms with Gasteiger partial charge in [0.2, 0.25) is 0 Å². The van der Waals surface area contributed by atoms with Gasteiger partial charge in [0, 0.05) is 48.1 Å². The van der Waals surface area contributed by atoms with Crippen LogP contribution in [-0.4, -0.2) is 151 Å². The average Bonchev–Trinajstić information content (AvgIpc) is 3.30. The molecule has 1 heterocycles. The van der Waals surface area contributed by atoms with Crippen LogP contribution in [0.25, 0.3) is 0 Å². The highest BCUT2D eigenvalue weighted by atomic mass is 16.6. The van der Waals surface area contributed by atoms with Crippen molar-refractivity contribution in [3.63, 3.8) is 0 Å². The third-order valence-electron chi connectivity index (χ3n) is 12.3. The van der Waals surface area contributed by atoms with Crippen molar-refractivity contribution in [1.82, 2.24) is 25.0 Å². The molecule has 2 aromatic carbocycles. The summed E-state index contributed by atoms with van der Waals surface area (Å²) in [7, 11) is 7.46. The van der Waals surface area contributed by atoms with Crippen LogP contribution in [0.5, 0.6) is 0 Å². The molecule has 0 bridgehead atoms. The molecule has 1 saturated heterocycles. The summed E-state index contributed by atoms with van der Waals surface area (Å²) in [5.41, 5.74) is 4.12. The van der Waals surface area contributed by atoms with Crippen molar-refractivity contribution in [2.45, 2.75) is 156 Å². The molecule has 0 radical (unpaired) electrons. The van der Waals surface area contributed by atoms with E-state index in [4.69, 9.17) is 18.9 Å². The molecule has 8 atom stereocenters. The zero-order chi connectivity index (χ0) is 52.6. The summed E-state index contributed by atoms with van der Waals surface area (Å²) in [4.78, 5) is 107. The standard InChI is InChI=1S/C53H80N6O11/c1-32(2)26-40-52(65)69-44(30-38-22-18-16-19-23-38)48(61)59(15)42(28-34(5)6)51(64)68-37(10)47(60)57(13)43(29-35(7)8)53(66)70-45(31-39-24-20-17-21-25-39)49(62)58(14)41(27-33(3)4)50(63)67-36(9)46(55-54-11)56(40)12/h16-25,32-37,40-45,54H,26-31H2,1-15H3/b55-46+/t36-,37-,40+,41+,42?,43+,44-,45-/m1/s1. The van der Waals surface area contributed by atoms with E-state index < -0.39 is 90.2 Å². The molecule has 0 saturated carbocycles. The Hall–Kier alpha value is -6.00. The second-order valence-corrected chi connectivity index (χ2v) is 20.1. The molecule has 388 valence electrons. The summed E-state index contributed by atoms with van der Waals surface area (Å²) >= 11 is 0. The van der Waals surface area contributed by atoms with Gasteiger partial charge in [-0.25, -0.2) is 19.2 Å². The van der Waals surface area contributed by atoms with Crippen LogP contribution in [0, 0.1) is 23.7 Å². The largest absolute Gasteiger partial charge is 0.453 e. The number of benzene rings is 2. The molecule has 1 unspecified atom stereocenters. The maximum Gasteiger partial charge on any atom is 0.329 e. The number of hydrazone groups is 1. The molecule has 3 amide bonds. The summed E-state index contributed by atoms with van der Waals surface area (Å²) in [5.74, 6) is -5.67. The van der Waals surface area contributed by atoms with Gasteiger partial charge in [0.25, 0.3) is 17.7 Å². The van der Waals surface area contributed by atoms with Gasteiger partial charge in [-0.15, -0.1) is 0 Å². The van der Waals surface area contributed by atoms with E-state index in [0.717, 1.165) is 4.90 Å². The van der Waals surface area contributed by atoms with Crippen molar-refractivity contribution < 1.29 is 52.5 Å². The molecule has 0 aromatic heterocycles. The van der Waals surface area contributed by atoms with E-state index >= 15 is 0 Å². The predicted octanol–water partition coefficient (Wildman–Crippen LogP) is 5.67. The number of nitrogens with zero attached hydrogens (tertiary/aromatic N) is 5. The van der Waals surface area contributed by atoms with Crippen molar-refractivity contribution >= 4 is 47.4 Å². The smallest absolute Gasteiger partial charge is 0.329 e. The number of ether oxygens (including phenoxy) is 4. The van der Waals surface area contributed by atoms with Crippen LogP contribution in [0.2, 0.25) is 0 Å². The highest BCUT2D eigenvalue weighted by molar-refractivity contribution is 5.95. The SMILES string of the molecule is CN/N=C1\[C@@H](C)OC(=O)[C@H](CC(C)C)N(C)C(=O)[C@@H](Cc2ccccc2)OC(=O)[C@H](CC(C)C)N(C)C(=O)[C@@H](C)OC(=O)C(CC(C)C)N(C)C(=O)[C@@H](Cc2ccccc2)OC(=O)[C@H](CC(C)C)N1C. The molecule has 0 aliphatic carbocycles. The van der Waals surface area contributed by atoms with Crippen molar-refractivity contribution in [3.05, 3.63) is 71.8 Å². The number of amidine groups is 1. The van der Waals surface area contributed by atoms with Crippen LogP contribution in [-0.2, 0) is 65.4 Å². The Morgan fingerprint density at radius 2 is 0.757 bits per heavy atom. The summed E-state index contributed by atoms with van der Waals surface area (Å²) in [6, 6.07) is 13.3. The second kappa shape index (κ2) is 27.4. The first-order valence-electron chi connectivity index (χ1n) is 24.5. The fraction of sp³-hybridized carbons (Fsp3) is 0.623. The molecular formula is C53H80N6O11. The van der Waals surface area contributed by atoms with Crippen molar-refractivity contribution in [2.24, 2.45) is 28.8 Å². The molecule has 17 heteroatoms. The van der Waals surface area contributed by atoms with Gasteiger partial charge >= 0.3 is 23.9 Å². The van der Waals surface area contributed by atoms with E-state index in [0.29, 0.717) is 11.1 Å². The van der Waals surface area contributed by atoms with Gasteiger partial charge in [-0.2, -0.15) is 5.10 Å². The molecule has 2 aromatic rings. The van der Waals surface area contributed by atoms with E-state index in [2.05, 4.69) is 10.5 Å². The van der Waals surface area contributed by atoms with Gasteiger partial charge in [0.1, 0.15) is 24.2 Å². The number of carbonyl (C=O) groups excluding carboxylic acids is 7. The zero-order valence-electron chi connectivity index (χ0n) is 44.2. The minimum Gasteiger partial charge on any atom is -0.453 e. The Labute approximate surface area is 415 Å². The van der Waals surface area contributed by atoms with Gasteiger partial charge in [0.15, 0.2) is 30.3 Å². The number of carbonyl (C=O) groups is 7. The average molecular weight is 977 g/mol. The first-order chi connectivity index (χ1) is 32.9. The summed E-state index contributed by atoms with van der Waals surface area (Å²) in [5, 5.41) is 4.47. The first-order valence-corrected chi connectivity index (χ1v) is 24.5. The molecular weight excluding hydrogens is 897 g/mol. The molecule has 1 N–H and O–H groups in total. The van der Waals surface area contributed by atoms with E-state index in [9.17, 15) is 33.6 Å². The third-order valence-corrected chi connectivity index (χ3v) is 12.3. The highest BCUT2D eigenvalue weighted by Crippen LogP contribution is 2.24. The van der Waals surface area contributed by atoms with Gasteiger partial charge < -0.3 is 44.0 Å². The Bertz CT molecular complexity index is 2080. The van der Waals surface area contributed by atoms with Crippen molar-refractivity contribution in [1.29, 1.82) is 0 Å². The van der Waals surface area contributed by atoms with E-state index in [1.165, 1.54) is 37.9 Å². The summed E-state index contributed by atoms with van der Waals surface area (Å²) < 4.78 is 24.3. The van der Waals surface area contributed by atoms with E-state index in [1.54, 1.807) is 74.4 Å². The van der Waals surface area contributed by atoms with E-state index in [1.807, 2.05) is 67.5 Å². The Kier molecular flexibility index (Phi) is 22.8. The van der Waals surface area contributed by atoms with Crippen LogP contribution in [0.1, 0.15) is 106 Å². The lowest BCUT2D eigenvalue weighted by atomic mass is 10.00. The van der Waals surface area contributed by atoms with E-state index in [-0.39, 0.29) is 68.0 Å². The lowest BCUT2D eigenvalue weighted by Gasteiger charge is -2.36. The number of hydrogen-bond acceptors (Lipinski definition) is 13. The Balaban J connectivity index is 2.30. The Morgan fingerprint density at radius 1 is 0.457 bits per heavy atom. The molecule has 3 rings (SSSR count). The topological polar surface area (TPSA) is 194 Å². The van der Waals surface area contributed by atoms with Crippen molar-refractivity contribution in [3.8, 4) is 0 Å². The second-order valence-electron chi connectivity index (χ2n) is 20.1. The van der Waals surface area contributed by atoms with Crippen LogP contribution < -0.4 is 5.43 Å². The summed E-state index contributed by atoms with van der Waals surface area (Å²) in [6.45, 7) is 18.1. The zero-order valence-corrected chi connectivity index (χ0v) is 44.2. The first kappa shape index (κ1) is 58.3. The minimum absolute atomic E-state index is 0.0362. The van der Waals surface area contributed by atoms with Crippen LogP contribution in [0.4, 0.5) is 0 Å². The highest BCUT2D eigenvalue weighted by Gasteiger charge is 2.42. The minimum atomic E-state index is -1.44. The number of esters is 4. The Morgan fingerprint density at radius 3 is 1.09 bits per heavy atom. The molecule has 1 fully saturated rings. The number of hydrogen-bond donors (Lipinski definition) is 1. The number of likely N-dealkylation sites (N-methyl/N-ethyl adjacent to an activating group) is 4. The third kappa shape index (κ3) is 16.9. The number of rotatable bonds is 13. The normalized spacial score (nSPS) is 25.4. The monoisotopic (exact) mass is 977 g/mol.